The molecule has 0 saturated heterocycles. The summed E-state index contributed by atoms with van der Waals surface area (Å²) >= 11 is 1.72. The van der Waals surface area contributed by atoms with E-state index in [1.807, 2.05) is 18.6 Å². The minimum absolute atomic E-state index is 0.747. The SMILES string of the molecule is CCCNc1cncc(NCc2ncc(C)s2)c1. The predicted molar refractivity (Wildman–Crippen MR) is 77.2 cm³/mol. The molecule has 0 radical (unpaired) electrons. The van der Waals surface area contributed by atoms with Crippen LogP contribution in [0, 0.1) is 6.92 Å². The highest BCUT2D eigenvalue weighted by Crippen LogP contribution is 2.16. The lowest BCUT2D eigenvalue weighted by Gasteiger charge is -2.07. The van der Waals surface area contributed by atoms with Gasteiger partial charge >= 0.3 is 0 Å². The highest BCUT2D eigenvalue weighted by Gasteiger charge is 2.00. The lowest BCUT2D eigenvalue weighted by Crippen LogP contribution is -2.03. The Hall–Kier alpha value is -1.62. The average molecular weight is 262 g/mol. The second-order valence-corrected chi connectivity index (χ2v) is 5.43. The highest BCUT2D eigenvalue weighted by atomic mass is 32.1. The summed E-state index contributed by atoms with van der Waals surface area (Å²) in [6, 6.07) is 2.07. The number of rotatable bonds is 6. The summed E-state index contributed by atoms with van der Waals surface area (Å²) in [5, 5.41) is 7.75. The molecule has 0 aromatic carbocycles. The molecule has 2 aromatic rings. The Morgan fingerprint density at radius 2 is 1.94 bits per heavy atom. The Kier molecular flexibility index (Phi) is 4.52. The van der Waals surface area contributed by atoms with Gasteiger partial charge < -0.3 is 10.6 Å². The third kappa shape index (κ3) is 3.70. The van der Waals surface area contributed by atoms with Gasteiger partial charge in [-0.2, -0.15) is 0 Å². The Labute approximate surface area is 111 Å². The van der Waals surface area contributed by atoms with Crippen LogP contribution in [-0.2, 0) is 6.54 Å². The fourth-order valence-electron chi connectivity index (χ4n) is 1.56. The van der Waals surface area contributed by atoms with Crippen LogP contribution in [-0.4, -0.2) is 16.5 Å². The summed E-state index contributed by atoms with van der Waals surface area (Å²) in [5.74, 6) is 0. The van der Waals surface area contributed by atoms with Gasteiger partial charge in [-0.15, -0.1) is 11.3 Å². The molecule has 0 bridgehead atoms. The number of hydrogen-bond donors (Lipinski definition) is 2. The summed E-state index contributed by atoms with van der Waals surface area (Å²) < 4.78 is 0. The zero-order valence-electron chi connectivity index (χ0n) is 10.7. The van der Waals surface area contributed by atoms with E-state index >= 15 is 0 Å². The maximum Gasteiger partial charge on any atom is 0.112 e. The van der Waals surface area contributed by atoms with Crippen molar-refractivity contribution in [3.8, 4) is 0 Å². The normalized spacial score (nSPS) is 10.3. The van der Waals surface area contributed by atoms with Crippen molar-refractivity contribution < 1.29 is 0 Å². The van der Waals surface area contributed by atoms with E-state index < -0.39 is 0 Å². The van der Waals surface area contributed by atoms with Gasteiger partial charge in [0.25, 0.3) is 0 Å². The summed E-state index contributed by atoms with van der Waals surface area (Å²) in [6.45, 7) is 5.93. The number of aryl methyl sites for hydroxylation is 1. The van der Waals surface area contributed by atoms with Crippen molar-refractivity contribution in [2.75, 3.05) is 17.2 Å². The molecule has 4 nitrogen and oxygen atoms in total. The molecule has 18 heavy (non-hydrogen) atoms. The van der Waals surface area contributed by atoms with Crippen LogP contribution in [0.3, 0.4) is 0 Å². The van der Waals surface area contributed by atoms with Gasteiger partial charge in [0.15, 0.2) is 0 Å². The Bertz CT molecular complexity index is 495. The van der Waals surface area contributed by atoms with Crippen molar-refractivity contribution in [1.29, 1.82) is 0 Å². The molecule has 0 aliphatic carbocycles. The molecule has 5 heteroatoms. The molecule has 2 aromatic heterocycles. The average Bonchev–Trinajstić information content (AvgIpc) is 2.80. The molecular formula is C13H18N4S. The van der Waals surface area contributed by atoms with Gasteiger partial charge in [-0.1, -0.05) is 6.92 Å². The fraction of sp³-hybridized carbons (Fsp3) is 0.385. The quantitative estimate of drug-likeness (QED) is 0.839. The lowest BCUT2D eigenvalue weighted by molar-refractivity contribution is 0.977. The van der Waals surface area contributed by atoms with Crippen LogP contribution >= 0.6 is 11.3 Å². The van der Waals surface area contributed by atoms with Crippen LogP contribution in [0.1, 0.15) is 23.2 Å². The maximum absolute atomic E-state index is 4.32. The molecule has 0 fully saturated rings. The second kappa shape index (κ2) is 6.35. The predicted octanol–water partition coefficient (Wildman–Crippen LogP) is 3.28. The van der Waals surface area contributed by atoms with E-state index in [0.29, 0.717) is 0 Å². The zero-order chi connectivity index (χ0) is 12.8. The molecule has 0 aliphatic rings. The van der Waals surface area contributed by atoms with Crippen LogP contribution in [0.2, 0.25) is 0 Å². The summed E-state index contributed by atoms with van der Waals surface area (Å²) in [5.41, 5.74) is 2.07. The van der Waals surface area contributed by atoms with Crippen molar-refractivity contribution in [1.82, 2.24) is 9.97 Å². The lowest BCUT2D eigenvalue weighted by atomic mass is 10.3. The maximum atomic E-state index is 4.32. The Balaban J connectivity index is 1.92. The first-order valence-electron chi connectivity index (χ1n) is 6.12. The van der Waals surface area contributed by atoms with Gasteiger partial charge in [-0.3, -0.25) is 4.98 Å². The fourth-order valence-corrected chi connectivity index (χ4v) is 2.29. The monoisotopic (exact) mass is 262 g/mol. The third-order valence-electron chi connectivity index (χ3n) is 2.43. The molecule has 0 atom stereocenters. The Morgan fingerprint density at radius 1 is 1.17 bits per heavy atom. The smallest absolute Gasteiger partial charge is 0.112 e. The van der Waals surface area contributed by atoms with Crippen LogP contribution in [0.5, 0.6) is 0 Å². The molecule has 0 aliphatic heterocycles. The Morgan fingerprint density at radius 3 is 2.61 bits per heavy atom. The highest BCUT2D eigenvalue weighted by molar-refractivity contribution is 7.11. The third-order valence-corrected chi connectivity index (χ3v) is 3.34. The first-order chi connectivity index (χ1) is 8.78. The molecule has 0 amide bonds. The molecule has 0 spiro atoms. The van der Waals surface area contributed by atoms with Gasteiger partial charge in [-0.25, -0.2) is 4.98 Å². The van der Waals surface area contributed by atoms with Gasteiger partial charge in [0, 0.05) is 17.6 Å². The molecule has 96 valence electrons. The van der Waals surface area contributed by atoms with Crippen molar-refractivity contribution >= 4 is 22.7 Å². The molecule has 2 heterocycles. The summed E-state index contributed by atoms with van der Waals surface area (Å²) in [7, 11) is 0. The van der Waals surface area contributed by atoms with E-state index in [0.717, 1.165) is 35.9 Å². The molecule has 2 rings (SSSR count). The number of nitrogens with one attached hydrogen (secondary N) is 2. The van der Waals surface area contributed by atoms with E-state index in [4.69, 9.17) is 0 Å². The topological polar surface area (TPSA) is 49.8 Å². The number of thiazole rings is 1. The van der Waals surface area contributed by atoms with E-state index in [1.54, 1.807) is 11.3 Å². The molecule has 2 N–H and O–H groups in total. The number of nitrogens with zero attached hydrogens (tertiary/aromatic N) is 2. The van der Waals surface area contributed by atoms with Crippen LogP contribution in [0.15, 0.2) is 24.7 Å². The number of anilines is 2. The summed E-state index contributed by atoms with van der Waals surface area (Å²) in [6.07, 6.45) is 6.68. The number of pyridine rings is 1. The van der Waals surface area contributed by atoms with Crippen LogP contribution < -0.4 is 10.6 Å². The zero-order valence-corrected chi connectivity index (χ0v) is 11.5. The molecular weight excluding hydrogens is 244 g/mol. The van der Waals surface area contributed by atoms with Crippen molar-refractivity contribution in [3.63, 3.8) is 0 Å². The first-order valence-corrected chi connectivity index (χ1v) is 6.93. The minimum atomic E-state index is 0.747. The van der Waals surface area contributed by atoms with Crippen molar-refractivity contribution in [2.45, 2.75) is 26.8 Å². The second-order valence-electron chi connectivity index (χ2n) is 4.11. The van der Waals surface area contributed by atoms with Crippen LogP contribution in [0.25, 0.3) is 0 Å². The molecule has 0 unspecified atom stereocenters. The van der Waals surface area contributed by atoms with Gasteiger partial charge in [0.05, 0.1) is 30.3 Å². The van der Waals surface area contributed by atoms with Gasteiger partial charge in [-0.05, 0) is 19.4 Å². The number of aromatic nitrogens is 2. The van der Waals surface area contributed by atoms with E-state index in [2.05, 4.69) is 40.5 Å². The van der Waals surface area contributed by atoms with Crippen molar-refractivity contribution in [2.24, 2.45) is 0 Å². The van der Waals surface area contributed by atoms with E-state index in [-0.39, 0.29) is 0 Å². The standard InChI is InChI=1S/C13H18N4S/c1-3-4-15-11-5-12(8-14-7-11)16-9-13-17-6-10(2)18-13/h5-8,15-16H,3-4,9H2,1-2H3. The van der Waals surface area contributed by atoms with Gasteiger partial charge in [0.2, 0.25) is 0 Å². The van der Waals surface area contributed by atoms with E-state index in [1.165, 1.54) is 4.88 Å². The minimum Gasteiger partial charge on any atom is -0.384 e. The molecule has 0 saturated carbocycles. The van der Waals surface area contributed by atoms with Crippen molar-refractivity contribution in [3.05, 3.63) is 34.5 Å². The number of hydrogen-bond acceptors (Lipinski definition) is 5. The van der Waals surface area contributed by atoms with E-state index in [9.17, 15) is 0 Å². The largest absolute Gasteiger partial charge is 0.384 e. The van der Waals surface area contributed by atoms with Gasteiger partial charge in [0.1, 0.15) is 5.01 Å². The van der Waals surface area contributed by atoms with Crippen LogP contribution in [0.4, 0.5) is 11.4 Å². The first kappa shape index (κ1) is 12.8. The summed E-state index contributed by atoms with van der Waals surface area (Å²) in [4.78, 5) is 9.78.